The molecule has 0 atom stereocenters. The van der Waals surface area contributed by atoms with Crippen molar-refractivity contribution in [2.24, 2.45) is 23.7 Å². The van der Waals surface area contributed by atoms with Crippen LogP contribution in [0, 0.1) is 35.3 Å². The predicted octanol–water partition coefficient (Wildman–Crippen LogP) is 7.23. The summed E-state index contributed by atoms with van der Waals surface area (Å²) in [5.41, 5.74) is 0.815. The minimum Gasteiger partial charge on any atom is -0.380 e. The summed E-state index contributed by atoms with van der Waals surface area (Å²) >= 11 is 0. The molecule has 0 spiro atoms. The number of aryl methyl sites for hydroxylation is 1. The van der Waals surface area contributed by atoms with Gasteiger partial charge in [-0.2, -0.15) is 0 Å². The van der Waals surface area contributed by atoms with Crippen molar-refractivity contribution in [3.8, 4) is 0 Å². The minimum absolute atomic E-state index is 0.0153. The van der Waals surface area contributed by atoms with E-state index in [2.05, 4.69) is 19.1 Å². The van der Waals surface area contributed by atoms with Gasteiger partial charge in [0.1, 0.15) is 11.6 Å². The van der Waals surface area contributed by atoms with E-state index in [1.807, 2.05) is 0 Å². The average molecular weight is 391 g/mol. The number of rotatable bonds is 7. The fourth-order valence-corrected chi connectivity index (χ4v) is 5.48. The molecule has 0 aliphatic heterocycles. The van der Waals surface area contributed by atoms with Crippen molar-refractivity contribution in [1.29, 1.82) is 0 Å². The van der Waals surface area contributed by atoms with Gasteiger partial charge in [-0.25, -0.2) is 8.78 Å². The van der Waals surface area contributed by atoms with Crippen molar-refractivity contribution in [2.75, 3.05) is 7.11 Å². The van der Waals surface area contributed by atoms with Gasteiger partial charge in [0.15, 0.2) is 0 Å². The number of benzene rings is 1. The van der Waals surface area contributed by atoms with Gasteiger partial charge in [0.2, 0.25) is 0 Å². The lowest BCUT2D eigenvalue weighted by atomic mass is 9.68. The molecule has 2 aliphatic rings. The molecular formula is C25H36F2O. The molecule has 2 aliphatic carbocycles. The Bertz CT molecular complexity index is 615. The number of halogens is 2. The third-order valence-corrected chi connectivity index (χ3v) is 7.17. The largest absolute Gasteiger partial charge is 0.380 e. The monoisotopic (exact) mass is 390 g/mol. The number of methoxy groups -OCH3 is 1. The van der Waals surface area contributed by atoms with Crippen molar-refractivity contribution >= 4 is 0 Å². The van der Waals surface area contributed by atoms with Crippen molar-refractivity contribution in [3.05, 3.63) is 47.0 Å². The van der Waals surface area contributed by atoms with Gasteiger partial charge in [-0.15, -0.1) is 0 Å². The van der Waals surface area contributed by atoms with E-state index < -0.39 is 11.6 Å². The van der Waals surface area contributed by atoms with Gasteiger partial charge in [-0.3, -0.25) is 0 Å². The van der Waals surface area contributed by atoms with Crippen LogP contribution in [0.15, 0.2) is 24.3 Å². The molecule has 0 saturated heterocycles. The zero-order valence-electron chi connectivity index (χ0n) is 17.6. The Morgan fingerprint density at radius 3 is 2.04 bits per heavy atom. The summed E-state index contributed by atoms with van der Waals surface area (Å²) in [6.45, 7) is 2.11. The zero-order valence-corrected chi connectivity index (χ0v) is 17.6. The molecule has 0 N–H and O–H groups in total. The second kappa shape index (κ2) is 10.5. The van der Waals surface area contributed by atoms with E-state index >= 15 is 0 Å². The molecule has 0 aromatic heterocycles. The molecule has 2 fully saturated rings. The fourth-order valence-electron chi connectivity index (χ4n) is 5.48. The first kappa shape index (κ1) is 21.5. The third-order valence-electron chi connectivity index (χ3n) is 7.17. The molecule has 0 unspecified atom stereocenters. The van der Waals surface area contributed by atoms with E-state index in [9.17, 15) is 8.78 Å². The molecule has 1 nitrogen and oxygen atoms in total. The lowest BCUT2D eigenvalue weighted by Gasteiger charge is -2.37. The first-order valence-corrected chi connectivity index (χ1v) is 11.2. The third kappa shape index (κ3) is 5.65. The molecule has 0 heterocycles. The molecule has 0 radical (unpaired) electrons. The van der Waals surface area contributed by atoms with Crippen LogP contribution in [0.5, 0.6) is 0 Å². The highest BCUT2D eigenvalue weighted by molar-refractivity contribution is 5.26. The Morgan fingerprint density at radius 1 is 0.929 bits per heavy atom. The van der Waals surface area contributed by atoms with Crippen molar-refractivity contribution in [1.82, 2.24) is 0 Å². The number of hydrogen-bond donors (Lipinski definition) is 0. The van der Waals surface area contributed by atoms with Crippen LogP contribution in [0.4, 0.5) is 8.78 Å². The Kier molecular flexibility index (Phi) is 8.08. The quantitative estimate of drug-likeness (QED) is 0.446. The summed E-state index contributed by atoms with van der Waals surface area (Å²) in [6.07, 6.45) is 17.2. The zero-order chi connectivity index (χ0) is 19.9. The van der Waals surface area contributed by atoms with Gasteiger partial charge in [-0.05, 0) is 99.7 Å². The van der Waals surface area contributed by atoms with Crippen LogP contribution in [-0.2, 0) is 17.8 Å². The van der Waals surface area contributed by atoms with E-state index in [1.54, 1.807) is 0 Å². The van der Waals surface area contributed by atoms with Gasteiger partial charge in [-0.1, -0.05) is 25.0 Å². The van der Waals surface area contributed by atoms with Crippen LogP contribution < -0.4 is 0 Å². The number of hydrogen-bond acceptors (Lipinski definition) is 1. The van der Waals surface area contributed by atoms with Crippen LogP contribution >= 0.6 is 0 Å². The van der Waals surface area contributed by atoms with E-state index in [1.165, 1.54) is 70.6 Å². The van der Waals surface area contributed by atoms with Gasteiger partial charge >= 0.3 is 0 Å². The molecule has 3 heteroatoms. The highest BCUT2D eigenvalue weighted by atomic mass is 19.1. The molecule has 0 amide bonds. The van der Waals surface area contributed by atoms with Gasteiger partial charge in [0.05, 0.1) is 6.61 Å². The first-order chi connectivity index (χ1) is 13.6. The molecule has 0 bridgehead atoms. The Labute approximate surface area is 169 Å². The van der Waals surface area contributed by atoms with Crippen molar-refractivity contribution < 1.29 is 13.5 Å². The van der Waals surface area contributed by atoms with E-state index in [0.717, 1.165) is 36.2 Å². The summed E-state index contributed by atoms with van der Waals surface area (Å²) in [5, 5.41) is 0. The Morgan fingerprint density at radius 2 is 1.50 bits per heavy atom. The van der Waals surface area contributed by atoms with E-state index in [0.29, 0.717) is 5.92 Å². The lowest BCUT2D eigenvalue weighted by molar-refractivity contribution is 0.152. The highest BCUT2D eigenvalue weighted by Crippen LogP contribution is 2.42. The first-order valence-electron chi connectivity index (χ1n) is 11.2. The molecule has 1 aromatic rings. The SMILES string of the molecule is C/C=C/C1CCC(C2CCC(CCc3cc(F)c(COC)c(F)c3)CC2)CC1. The Hall–Kier alpha value is -1.22. The molecule has 156 valence electrons. The van der Waals surface area contributed by atoms with Gasteiger partial charge < -0.3 is 4.74 Å². The Balaban J connectivity index is 1.43. The average Bonchev–Trinajstić information content (AvgIpc) is 2.70. The van der Waals surface area contributed by atoms with E-state index in [-0.39, 0.29) is 12.2 Å². The minimum atomic E-state index is -0.478. The summed E-state index contributed by atoms with van der Waals surface area (Å²) in [7, 11) is 1.46. The number of ether oxygens (including phenoxy) is 1. The molecule has 3 rings (SSSR count). The molecule has 1 aromatic carbocycles. The van der Waals surface area contributed by atoms with Crippen LogP contribution in [0.1, 0.15) is 75.8 Å². The lowest BCUT2D eigenvalue weighted by Crippen LogP contribution is -2.25. The second-order valence-corrected chi connectivity index (χ2v) is 8.99. The topological polar surface area (TPSA) is 9.23 Å². The van der Waals surface area contributed by atoms with Gasteiger partial charge in [0, 0.05) is 12.7 Å². The highest BCUT2D eigenvalue weighted by Gasteiger charge is 2.30. The van der Waals surface area contributed by atoms with Gasteiger partial charge in [0.25, 0.3) is 0 Å². The van der Waals surface area contributed by atoms with Crippen molar-refractivity contribution in [3.63, 3.8) is 0 Å². The fraction of sp³-hybridized carbons (Fsp3) is 0.680. The molecule has 2 saturated carbocycles. The standard InChI is InChI=1S/C25H36F2O/c1-3-4-18-7-11-21(12-8-18)22-13-9-19(10-14-22)5-6-20-15-24(26)23(17-28-2)25(27)16-20/h3-4,15-16,18-19,21-22H,5-14,17H2,1-2H3/b4-3+. The van der Waals surface area contributed by atoms with E-state index in [4.69, 9.17) is 4.74 Å². The van der Waals surface area contributed by atoms with Crippen LogP contribution in [0.3, 0.4) is 0 Å². The predicted molar refractivity (Wildman–Crippen MR) is 111 cm³/mol. The van der Waals surface area contributed by atoms with Crippen molar-refractivity contribution in [2.45, 2.75) is 77.7 Å². The normalized spacial score (nSPS) is 28.7. The van der Waals surface area contributed by atoms with Crippen LogP contribution in [-0.4, -0.2) is 7.11 Å². The maximum Gasteiger partial charge on any atom is 0.131 e. The summed E-state index contributed by atoms with van der Waals surface area (Å²) < 4.78 is 33.0. The maximum atomic E-state index is 14.1. The summed E-state index contributed by atoms with van der Waals surface area (Å²) in [4.78, 5) is 0. The molecule has 28 heavy (non-hydrogen) atoms. The van der Waals surface area contributed by atoms with Crippen LogP contribution in [0.25, 0.3) is 0 Å². The molecular weight excluding hydrogens is 354 g/mol. The summed E-state index contributed by atoms with van der Waals surface area (Å²) in [6, 6.07) is 2.98. The number of allylic oxidation sites excluding steroid dienone is 2. The maximum absolute atomic E-state index is 14.1. The second-order valence-electron chi connectivity index (χ2n) is 8.99. The summed E-state index contributed by atoms with van der Waals surface area (Å²) in [5.74, 6) is 2.40. The van der Waals surface area contributed by atoms with Crippen LogP contribution in [0.2, 0.25) is 0 Å². The smallest absolute Gasteiger partial charge is 0.131 e.